The number of nitrogens with zero attached hydrogens (tertiary/aromatic N) is 1. The van der Waals surface area contributed by atoms with Gasteiger partial charge in [0.05, 0.1) is 0 Å². The molecule has 1 aromatic carbocycles. The molecule has 1 aliphatic heterocycles. The monoisotopic (exact) mass is 314 g/mol. The van der Waals surface area contributed by atoms with Crippen LogP contribution in [0, 0.1) is 0 Å². The summed E-state index contributed by atoms with van der Waals surface area (Å²) in [4.78, 5) is 2.18. The molecule has 0 aromatic heterocycles. The van der Waals surface area contributed by atoms with Crippen LogP contribution in [0.4, 0.5) is 13.2 Å². The number of para-hydroxylation sites is 1. The maximum Gasteiger partial charge on any atom is 0.573 e. The molecule has 1 atom stereocenters. The third-order valence-electron chi connectivity index (χ3n) is 3.64. The van der Waals surface area contributed by atoms with Crippen LogP contribution in [0.15, 0.2) is 36.4 Å². The highest BCUT2D eigenvalue weighted by atomic mass is 19.4. The zero-order chi connectivity index (χ0) is 16.2. The van der Waals surface area contributed by atoms with Crippen molar-refractivity contribution in [3.05, 3.63) is 42.0 Å². The maximum atomic E-state index is 12.6. The molecular weight excluding hydrogens is 293 g/mol. The second-order valence-electron chi connectivity index (χ2n) is 5.55. The van der Waals surface area contributed by atoms with Gasteiger partial charge in [-0.3, -0.25) is 4.90 Å². The van der Waals surface area contributed by atoms with E-state index in [-0.39, 0.29) is 11.8 Å². The Hall–Kier alpha value is -1.53. The van der Waals surface area contributed by atoms with Gasteiger partial charge in [-0.2, -0.15) is 0 Å². The van der Waals surface area contributed by atoms with Gasteiger partial charge in [-0.15, -0.1) is 19.8 Å². The number of hydrogen-bond donors (Lipinski definition) is 1. The molecule has 0 unspecified atom stereocenters. The number of benzene rings is 1. The Morgan fingerprint density at radius 2 is 1.95 bits per heavy atom. The number of nitrogens with one attached hydrogen (secondary N) is 1. The zero-order valence-corrected chi connectivity index (χ0v) is 12.6. The summed E-state index contributed by atoms with van der Waals surface area (Å²) in [7, 11) is 0. The van der Waals surface area contributed by atoms with E-state index in [1.54, 1.807) is 18.2 Å². The predicted octanol–water partition coefficient (Wildman–Crippen LogP) is 3.50. The molecular formula is C16H21F3N2O. The Kier molecular flexibility index (Phi) is 5.47. The van der Waals surface area contributed by atoms with Crippen molar-refractivity contribution in [3.63, 3.8) is 0 Å². The van der Waals surface area contributed by atoms with Gasteiger partial charge in [0.25, 0.3) is 0 Å². The number of alkyl halides is 3. The number of ether oxygens (including phenoxy) is 1. The third-order valence-corrected chi connectivity index (χ3v) is 3.64. The molecule has 0 spiro atoms. The van der Waals surface area contributed by atoms with Crippen LogP contribution in [0.3, 0.4) is 0 Å². The first-order valence-electron chi connectivity index (χ1n) is 7.30. The van der Waals surface area contributed by atoms with Crippen molar-refractivity contribution in [1.82, 2.24) is 10.2 Å². The SMILES string of the molecule is C=C(C)C[C@@H](c1ccccc1OC(F)(F)F)N1CCNCC1. The average Bonchev–Trinajstić information content (AvgIpc) is 2.45. The fourth-order valence-corrected chi connectivity index (χ4v) is 2.73. The molecule has 122 valence electrons. The second kappa shape index (κ2) is 7.15. The molecule has 0 bridgehead atoms. The lowest BCUT2D eigenvalue weighted by molar-refractivity contribution is -0.275. The quantitative estimate of drug-likeness (QED) is 0.842. The van der Waals surface area contributed by atoms with E-state index in [1.807, 2.05) is 6.92 Å². The summed E-state index contributed by atoms with van der Waals surface area (Å²) in [6, 6.07) is 6.22. The topological polar surface area (TPSA) is 24.5 Å². The van der Waals surface area contributed by atoms with E-state index < -0.39 is 6.36 Å². The Bertz CT molecular complexity index is 510. The molecule has 6 heteroatoms. The molecule has 1 saturated heterocycles. The standard InChI is InChI=1S/C16H21F3N2O/c1-12(2)11-14(21-9-7-20-8-10-21)13-5-3-4-6-15(13)22-16(17,18)19/h3-6,14,20H,1,7-11H2,2H3/t14-/m0/s1. The van der Waals surface area contributed by atoms with Crippen molar-refractivity contribution in [3.8, 4) is 5.75 Å². The number of piperazine rings is 1. The van der Waals surface area contributed by atoms with E-state index in [0.29, 0.717) is 12.0 Å². The Labute approximate surface area is 128 Å². The van der Waals surface area contributed by atoms with Gasteiger partial charge in [-0.05, 0) is 19.4 Å². The summed E-state index contributed by atoms with van der Waals surface area (Å²) >= 11 is 0. The van der Waals surface area contributed by atoms with E-state index in [1.165, 1.54) is 6.07 Å². The summed E-state index contributed by atoms with van der Waals surface area (Å²) < 4.78 is 42.1. The first-order chi connectivity index (χ1) is 10.4. The molecule has 0 amide bonds. The normalized spacial score (nSPS) is 18.0. The molecule has 1 aliphatic rings. The summed E-state index contributed by atoms with van der Waals surface area (Å²) in [6.07, 6.45) is -4.08. The van der Waals surface area contributed by atoms with E-state index in [2.05, 4.69) is 21.5 Å². The van der Waals surface area contributed by atoms with E-state index in [0.717, 1.165) is 31.8 Å². The van der Waals surface area contributed by atoms with Crippen LogP contribution in [0.5, 0.6) is 5.75 Å². The molecule has 0 saturated carbocycles. The van der Waals surface area contributed by atoms with Gasteiger partial charge in [0.15, 0.2) is 0 Å². The van der Waals surface area contributed by atoms with Gasteiger partial charge in [0.2, 0.25) is 0 Å². The average molecular weight is 314 g/mol. The zero-order valence-electron chi connectivity index (χ0n) is 12.6. The van der Waals surface area contributed by atoms with Gasteiger partial charge in [0.1, 0.15) is 5.75 Å². The lowest BCUT2D eigenvalue weighted by Crippen LogP contribution is -2.45. The van der Waals surface area contributed by atoms with Crippen molar-refractivity contribution in [2.75, 3.05) is 26.2 Å². The van der Waals surface area contributed by atoms with Crippen LogP contribution in [0.25, 0.3) is 0 Å². The van der Waals surface area contributed by atoms with E-state index in [9.17, 15) is 13.2 Å². The second-order valence-corrected chi connectivity index (χ2v) is 5.55. The summed E-state index contributed by atoms with van der Waals surface area (Å²) in [5, 5.41) is 3.25. The lowest BCUT2D eigenvalue weighted by Gasteiger charge is -2.36. The Morgan fingerprint density at radius 1 is 1.32 bits per heavy atom. The van der Waals surface area contributed by atoms with E-state index in [4.69, 9.17) is 0 Å². The van der Waals surface area contributed by atoms with Gasteiger partial charge in [-0.1, -0.05) is 23.8 Å². The third kappa shape index (κ3) is 4.74. The first kappa shape index (κ1) is 16.8. The van der Waals surface area contributed by atoms with Crippen LogP contribution in [0.1, 0.15) is 24.9 Å². The highest BCUT2D eigenvalue weighted by Gasteiger charge is 2.34. The number of hydrogen-bond acceptors (Lipinski definition) is 3. The Balaban J connectivity index is 2.31. The van der Waals surface area contributed by atoms with Gasteiger partial charge in [-0.25, -0.2) is 0 Å². The lowest BCUT2D eigenvalue weighted by atomic mass is 9.97. The van der Waals surface area contributed by atoms with Crippen molar-refractivity contribution >= 4 is 0 Å². The summed E-state index contributed by atoms with van der Waals surface area (Å²) in [6.45, 7) is 9.04. The van der Waals surface area contributed by atoms with Gasteiger partial charge in [0, 0.05) is 37.8 Å². The highest BCUT2D eigenvalue weighted by molar-refractivity contribution is 5.37. The van der Waals surface area contributed by atoms with E-state index >= 15 is 0 Å². The van der Waals surface area contributed by atoms with Gasteiger partial charge >= 0.3 is 6.36 Å². The minimum absolute atomic E-state index is 0.125. The maximum absolute atomic E-state index is 12.6. The molecule has 1 aromatic rings. The van der Waals surface area contributed by atoms with Crippen LogP contribution >= 0.6 is 0 Å². The molecule has 1 heterocycles. The molecule has 2 rings (SSSR count). The smallest absolute Gasteiger partial charge is 0.405 e. The van der Waals surface area contributed by atoms with Crippen molar-refractivity contribution in [2.24, 2.45) is 0 Å². The van der Waals surface area contributed by atoms with Crippen molar-refractivity contribution in [1.29, 1.82) is 0 Å². The molecule has 1 fully saturated rings. The number of halogens is 3. The fraction of sp³-hybridized carbons (Fsp3) is 0.500. The van der Waals surface area contributed by atoms with Crippen LogP contribution in [-0.4, -0.2) is 37.4 Å². The van der Waals surface area contributed by atoms with Crippen LogP contribution in [0.2, 0.25) is 0 Å². The minimum Gasteiger partial charge on any atom is -0.405 e. The van der Waals surface area contributed by atoms with Crippen LogP contribution < -0.4 is 10.1 Å². The molecule has 3 nitrogen and oxygen atoms in total. The number of rotatable bonds is 5. The molecule has 22 heavy (non-hydrogen) atoms. The first-order valence-corrected chi connectivity index (χ1v) is 7.30. The summed E-state index contributed by atoms with van der Waals surface area (Å²) in [5.74, 6) is -0.125. The summed E-state index contributed by atoms with van der Waals surface area (Å²) in [5.41, 5.74) is 1.50. The largest absolute Gasteiger partial charge is 0.573 e. The van der Waals surface area contributed by atoms with Crippen LogP contribution in [-0.2, 0) is 0 Å². The minimum atomic E-state index is -4.69. The Morgan fingerprint density at radius 3 is 2.55 bits per heavy atom. The predicted molar refractivity (Wildman–Crippen MR) is 79.7 cm³/mol. The van der Waals surface area contributed by atoms with Crippen molar-refractivity contribution < 1.29 is 17.9 Å². The van der Waals surface area contributed by atoms with Crippen molar-refractivity contribution in [2.45, 2.75) is 25.7 Å². The highest BCUT2D eigenvalue weighted by Crippen LogP contribution is 2.36. The van der Waals surface area contributed by atoms with Gasteiger partial charge < -0.3 is 10.1 Å². The molecule has 1 N–H and O–H groups in total. The molecule has 0 aliphatic carbocycles. The molecule has 0 radical (unpaired) electrons. The fourth-order valence-electron chi connectivity index (χ4n) is 2.73.